The average molecular weight is 654 g/mol. The van der Waals surface area contributed by atoms with Gasteiger partial charge in [0.25, 0.3) is 0 Å². The highest BCUT2D eigenvalue weighted by Crippen LogP contribution is 2.44. The number of fused-ring (bicyclic) bond motifs is 2. The summed E-state index contributed by atoms with van der Waals surface area (Å²) >= 11 is 0. The molecule has 268 valence electrons. The van der Waals surface area contributed by atoms with Gasteiger partial charge in [0, 0.05) is 25.9 Å². The van der Waals surface area contributed by atoms with Crippen molar-refractivity contribution in [1.82, 2.24) is 4.90 Å². The average Bonchev–Trinajstić information content (AvgIpc) is 3.47. The second-order valence-corrected chi connectivity index (χ2v) is 15.4. The summed E-state index contributed by atoms with van der Waals surface area (Å²) in [6, 6.07) is -0.120. The fourth-order valence-corrected chi connectivity index (χ4v) is 7.16. The van der Waals surface area contributed by atoms with Gasteiger partial charge in [0.1, 0.15) is 23.7 Å². The third-order valence-corrected chi connectivity index (χ3v) is 9.67. The molecule has 0 aromatic rings. The highest BCUT2D eigenvalue weighted by molar-refractivity contribution is 5.69. The third-order valence-electron chi connectivity index (χ3n) is 9.67. The first kappa shape index (κ1) is 39.2. The molecule has 9 heteroatoms. The normalized spacial score (nSPS) is 27.3. The van der Waals surface area contributed by atoms with Crippen molar-refractivity contribution in [2.75, 3.05) is 19.8 Å². The number of unbranched alkanes of at least 4 members (excludes halogenated alkanes) is 14. The molecule has 3 saturated heterocycles. The number of carbonyl (C=O) groups excluding carboxylic acids is 2. The van der Waals surface area contributed by atoms with Gasteiger partial charge in [0.15, 0.2) is 5.79 Å². The van der Waals surface area contributed by atoms with Gasteiger partial charge in [-0.15, -0.1) is 0 Å². The number of nitrogens with zero attached hydrogens (tertiary/aromatic N) is 1. The Balaban J connectivity index is 1.11. The molecule has 0 aromatic heterocycles. The molecule has 1 N–H and O–H groups in total. The topological polar surface area (TPSA) is 104 Å². The van der Waals surface area contributed by atoms with Crippen molar-refractivity contribution in [1.29, 1.82) is 0 Å². The van der Waals surface area contributed by atoms with Gasteiger partial charge in [-0.1, -0.05) is 77.0 Å². The molecule has 3 aliphatic rings. The lowest BCUT2D eigenvalue weighted by Crippen LogP contribution is -2.51. The number of rotatable bonds is 23. The van der Waals surface area contributed by atoms with Crippen LogP contribution in [-0.2, 0) is 28.5 Å². The Morgan fingerprint density at radius 2 is 1.50 bits per heavy atom. The Kier molecular flexibility index (Phi) is 16.8. The lowest BCUT2D eigenvalue weighted by molar-refractivity contribution is -0.214. The molecule has 0 spiro atoms. The van der Waals surface area contributed by atoms with Crippen LogP contribution in [-0.4, -0.2) is 83.7 Å². The molecular weight excluding hydrogens is 586 g/mol. The summed E-state index contributed by atoms with van der Waals surface area (Å²) in [6.45, 7) is 11.1. The summed E-state index contributed by atoms with van der Waals surface area (Å²) < 4.78 is 30.1. The van der Waals surface area contributed by atoms with E-state index in [1.165, 1.54) is 70.6 Å². The van der Waals surface area contributed by atoms with Gasteiger partial charge in [0.05, 0.1) is 31.5 Å². The van der Waals surface area contributed by atoms with Gasteiger partial charge < -0.3 is 33.6 Å². The van der Waals surface area contributed by atoms with Crippen LogP contribution in [0.25, 0.3) is 0 Å². The van der Waals surface area contributed by atoms with Gasteiger partial charge in [-0.05, 0) is 66.7 Å². The number of ether oxygens (including phenoxy) is 5. The van der Waals surface area contributed by atoms with Crippen molar-refractivity contribution in [2.45, 2.75) is 205 Å². The molecule has 0 unspecified atom stereocenters. The zero-order valence-electron chi connectivity index (χ0n) is 29.9. The van der Waals surface area contributed by atoms with Crippen molar-refractivity contribution < 1.29 is 38.4 Å². The highest BCUT2D eigenvalue weighted by Gasteiger charge is 2.53. The van der Waals surface area contributed by atoms with Gasteiger partial charge >= 0.3 is 6.09 Å². The monoisotopic (exact) mass is 653 g/mol. The molecule has 3 aliphatic heterocycles. The van der Waals surface area contributed by atoms with Crippen LogP contribution in [0.3, 0.4) is 0 Å². The molecule has 3 heterocycles. The Labute approximate surface area is 279 Å². The van der Waals surface area contributed by atoms with E-state index >= 15 is 0 Å². The van der Waals surface area contributed by atoms with Crippen molar-refractivity contribution in [3.8, 4) is 0 Å². The van der Waals surface area contributed by atoms with E-state index in [0.717, 1.165) is 57.7 Å². The predicted octanol–water partition coefficient (Wildman–Crippen LogP) is 8.23. The van der Waals surface area contributed by atoms with Crippen LogP contribution in [0.1, 0.15) is 163 Å². The van der Waals surface area contributed by atoms with E-state index in [2.05, 4.69) is 0 Å². The minimum Gasteiger partial charge on any atom is -0.444 e. The van der Waals surface area contributed by atoms with Gasteiger partial charge in [-0.2, -0.15) is 0 Å². The van der Waals surface area contributed by atoms with E-state index in [9.17, 15) is 14.7 Å². The largest absolute Gasteiger partial charge is 0.444 e. The molecule has 0 aliphatic carbocycles. The first-order valence-electron chi connectivity index (χ1n) is 18.7. The molecule has 0 radical (unpaired) electrons. The van der Waals surface area contributed by atoms with Crippen LogP contribution in [0.5, 0.6) is 0 Å². The number of aldehydes is 1. The highest BCUT2D eigenvalue weighted by atomic mass is 16.8. The fraction of sp³-hybridized carbons (Fsp3) is 0.946. The molecular formula is C37H67NO8. The molecule has 3 rings (SSSR count). The molecule has 1 amide bonds. The second-order valence-electron chi connectivity index (χ2n) is 15.4. The summed E-state index contributed by atoms with van der Waals surface area (Å²) in [6.07, 6.45) is 22.0. The Hall–Kier alpha value is -1.26. The summed E-state index contributed by atoms with van der Waals surface area (Å²) in [5, 5.41) is 10.4. The molecule has 5 atom stereocenters. The van der Waals surface area contributed by atoms with E-state index in [0.29, 0.717) is 26.2 Å². The molecule has 3 fully saturated rings. The zero-order chi connectivity index (χ0) is 33.5. The van der Waals surface area contributed by atoms with Gasteiger partial charge in [0.2, 0.25) is 0 Å². The van der Waals surface area contributed by atoms with E-state index in [1.807, 2.05) is 34.6 Å². The van der Waals surface area contributed by atoms with Crippen molar-refractivity contribution in [2.24, 2.45) is 0 Å². The number of carbonyl (C=O) groups is 2. The standard InChI is InChI=1S/C37H67NO8/c1-35(2,3)46-34(41)38-30(29-43-36(38,4)5)28-42-27-21-16-14-12-10-8-6-7-9-11-13-15-19-24-37-25-23-31(40)33(45-37)32(44-37)22-18-17-20-26-39/h26,30-33,40H,6-25,27-29H2,1-5H3/t30-,31+,32+,33+,37-/m1/s1. The van der Waals surface area contributed by atoms with Crippen LogP contribution in [0.2, 0.25) is 0 Å². The van der Waals surface area contributed by atoms with Gasteiger partial charge in [-0.3, -0.25) is 4.90 Å². The van der Waals surface area contributed by atoms with Crippen LogP contribution in [0, 0.1) is 0 Å². The summed E-state index contributed by atoms with van der Waals surface area (Å²) in [4.78, 5) is 25.0. The predicted molar refractivity (Wildman–Crippen MR) is 180 cm³/mol. The molecule has 9 nitrogen and oxygen atoms in total. The summed E-state index contributed by atoms with van der Waals surface area (Å²) in [5.41, 5.74) is -1.23. The van der Waals surface area contributed by atoms with E-state index in [-0.39, 0.29) is 24.3 Å². The maximum Gasteiger partial charge on any atom is 0.412 e. The van der Waals surface area contributed by atoms with Crippen LogP contribution < -0.4 is 0 Å². The smallest absolute Gasteiger partial charge is 0.412 e. The minimum absolute atomic E-state index is 0.0335. The number of aliphatic hydroxyl groups is 1. The quantitative estimate of drug-likeness (QED) is 0.0869. The van der Waals surface area contributed by atoms with Crippen molar-refractivity contribution >= 4 is 12.4 Å². The first-order chi connectivity index (χ1) is 22.0. The Morgan fingerprint density at radius 3 is 2.11 bits per heavy atom. The van der Waals surface area contributed by atoms with Crippen molar-refractivity contribution in [3.05, 3.63) is 0 Å². The van der Waals surface area contributed by atoms with Gasteiger partial charge in [-0.25, -0.2) is 4.79 Å². The number of aliphatic hydroxyl groups excluding tert-OH is 1. The van der Waals surface area contributed by atoms with Crippen LogP contribution in [0.15, 0.2) is 0 Å². The Morgan fingerprint density at radius 1 is 0.891 bits per heavy atom. The minimum atomic E-state index is -0.687. The number of amides is 1. The molecule has 46 heavy (non-hydrogen) atoms. The zero-order valence-corrected chi connectivity index (χ0v) is 29.9. The van der Waals surface area contributed by atoms with Crippen LogP contribution in [0.4, 0.5) is 4.79 Å². The van der Waals surface area contributed by atoms with E-state index < -0.39 is 23.2 Å². The fourth-order valence-electron chi connectivity index (χ4n) is 7.16. The summed E-state index contributed by atoms with van der Waals surface area (Å²) in [5.74, 6) is -0.486. The first-order valence-corrected chi connectivity index (χ1v) is 18.7. The summed E-state index contributed by atoms with van der Waals surface area (Å²) in [7, 11) is 0. The second kappa shape index (κ2) is 19.7. The van der Waals surface area contributed by atoms with E-state index in [1.54, 1.807) is 4.90 Å². The maximum absolute atomic E-state index is 12.7. The Bertz CT molecular complexity index is 876. The number of hydrogen-bond donors (Lipinski definition) is 1. The van der Waals surface area contributed by atoms with Crippen LogP contribution >= 0.6 is 0 Å². The SMILES string of the molecule is CC(C)(C)OC(=O)N1[C@H](COCCCCCCCCCCCCCCC[C@]23CC[C@H](O)[C@H](O2)[C@H](CCCCC=O)O3)COC1(C)C. The lowest BCUT2D eigenvalue weighted by Gasteiger charge is -2.35. The molecule has 0 saturated carbocycles. The maximum atomic E-state index is 12.7. The lowest BCUT2D eigenvalue weighted by atomic mass is 9.94. The molecule has 2 bridgehead atoms. The third kappa shape index (κ3) is 13.3. The number of hydrogen-bond acceptors (Lipinski definition) is 8. The van der Waals surface area contributed by atoms with E-state index in [4.69, 9.17) is 23.7 Å². The molecule has 0 aromatic carbocycles. The van der Waals surface area contributed by atoms with Crippen molar-refractivity contribution in [3.63, 3.8) is 0 Å².